The quantitative estimate of drug-likeness (QED) is 0.642. The first-order valence-corrected chi connectivity index (χ1v) is 3.96. The monoisotopic (exact) mass is 177 g/mol. The fourth-order valence-electron chi connectivity index (χ4n) is 1.22. The minimum absolute atomic E-state index is 0.0980. The minimum atomic E-state index is -0.159. The fourth-order valence-corrected chi connectivity index (χ4v) is 1.22. The average molecular weight is 177 g/mol. The van der Waals surface area contributed by atoms with Crippen LogP contribution >= 0.6 is 0 Å². The molecule has 0 saturated heterocycles. The number of nitrogens with zero attached hydrogens (tertiary/aromatic N) is 1. The number of phenols is 2. The zero-order valence-corrected chi connectivity index (χ0v) is 7.63. The van der Waals surface area contributed by atoms with Gasteiger partial charge in [0.2, 0.25) is 0 Å². The molecule has 0 aliphatic heterocycles. The highest BCUT2D eigenvalue weighted by molar-refractivity contribution is 5.52. The Kier molecular flexibility index (Phi) is 2.43. The Balaban J connectivity index is 3.34. The Bertz CT molecular complexity index is 377. The highest BCUT2D eigenvalue weighted by atomic mass is 16.3. The molecule has 0 saturated carbocycles. The highest BCUT2D eigenvalue weighted by Gasteiger charge is 2.10. The SMILES string of the molecule is Cc1c(CC#N)cc(O)c(O)c1C. The fraction of sp³-hybridized carbons (Fsp3) is 0.300. The van der Waals surface area contributed by atoms with E-state index in [0.717, 1.165) is 11.1 Å². The lowest BCUT2D eigenvalue weighted by atomic mass is 10.00. The van der Waals surface area contributed by atoms with Gasteiger partial charge in [-0.25, -0.2) is 0 Å². The number of hydrogen-bond acceptors (Lipinski definition) is 3. The summed E-state index contributed by atoms with van der Waals surface area (Å²) in [6.07, 6.45) is 0.251. The van der Waals surface area contributed by atoms with Crippen LogP contribution in [-0.2, 0) is 6.42 Å². The van der Waals surface area contributed by atoms with Crippen LogP contribution in [0.25, 0.3) is 0 Å². The van der Waals surface area contributed by atoms with E-state index in [2.05, 4.69) is 0 Å². The van der Waals surface area contributed by atoms with Crippen LogP contribution in [0.3, 0.4) is 0 Å². The van der Waals surface area contributed by atoms with Crippen LogP contribution in [0.15, 0.2) is 6.07 Å². The molecule has 13 heavy (non-hydrogen) atoms. The molecule has 0 amide bonds. The van der Waals surface area contributed by atoms with E-state index in [4.69, 9.17) is 5.26 Å². The molecule has 0 fully saturated rings. The summed E-state index contributed by atoms with van der Waals surface area (Å²) in [6.45, 7) is 3.53. The Morgan fingerprint density at radius 3 is 2.46 bits per heavy atom. The van der Waals surface area contributed by atoms with Crippen molar-refractivity contribution in [2.24, 2.45) is 0 Å². The van der Waals surface area contributed by atoms with Crippen LogP contribution in [0.4, 0.5) is 0 Å². The van der Waals surface area contributed by atoms with E-state index in [1.54, 1.807) is 6.92 Å². The van der Waals surface area contributed by atoms with Gasteiger partial charge in [0.05, 0.1) is 12.5 Å². The maximum atomic E-state index is 9.35. The van der Waals surface area contributed by atoms with Crippen LogP contribution < -0.4 is 0 Å². The number of hydrogen-bond donors (Lipinski definition) is 2. The van der Waals surface area contributed by atoms with Crippen molar-refractivity contribution in [3.8, 4) is 17.6 Å². The van der Waals surface area contributed by atoms with Gasteiger partial charge >= 0.3 is 0 Å². The normalized spacial score (nSPS) is 9.62. The van der Waals surface area contributed by atoms with Gasteiger partial charge in [-0.15, -0.1) is 0 Å². The number of aromatic hydroxyl groups is 2. The molecule has 0 aromatic heterocycles. The summed E-state index contributed by atoms with van der Waals surface area (Å²) < 4.78 is 0. The van der Waals surface area contributed by atoms with Crippen molar-refractivity contribution in [3.63, 3.8) is 0 Å². The Morgan fingerprint density at radius 2 is 1.92 bits per heavy atom. The zero-order valence-electron chi connectivity index (χ0n) is 7.63. The van der Waals surface area contributed by atoms with E-state index in [0.29, 0.717) is 5.56 Å². The molecular formula is C10H11NO2. The number of benzene rings is 1. The van der Waals surface area contributed by atoms with Gasteiger partial charge in [0, 0.05) is 0 Å². The van der Waals surface area contributed by atoms with Gasteiger partial charge in [-0.3, -0.25) is 0 Å². The molecule has 0 aliphatic rings. The molecule has 1 aromatic carbocycles. The van der Waals surface area contributed by atoms with E-state index >= 15 is 0 Å². The number of nitriles is 1. The molecule has 3 heteroatoms. The van der Waals surface area contributed by atoms with Gasteiger partial charge in [0.15, 0.2) is 11.5 Å². The Labute approximate surface area is 76.9 Å². The van der Waals surface area contributed by atoms with Crippen molar-refractivity contribution < 1.29 is 10.2 Å². The van der Waals surface area contributed by atoms with Crippen LogP contribution in [0.1, 0.15) is 16.7 Å². The smallest absolute Gasteiger partial charge is 0.160 e. The van der Waals surface area contributed by atoms with Crippen LogP contribution in [0.5, 0.6) is 11.5 Å². The Hall–Kier alpha value is -1.69. The van der Waals surface area contributed by atoms with Gasteiger partial charge in [0.1, 0.15) is 0 Å². The minimum Gasteiger partial charge on any atom is -0.504 e. The summed E-state index contributed by atoms with van der Waals surface area (Å²) in [7, 11) is 0. The second-order valence-corrected chi connectivity index (χ2v) is 2.99. The van der Waals surface area contributed by atoms with Crippen LogP contribution in [0.2, 0.25) is 0 Å². The van der Waals surface area contributed by atoms with E-state index in [-0.39, 0.29) is 17.9 Å². The molecule has 1 aromatic rings. The van der Waals surface area contributed by atoms with Crippen molar-refractivity contribution in [2.75, 3.05) is 0 Å². The zero-order chi connectivity index (χ0) is 10.0. The van der Waals surface area contributed by atoms with Crippen molar-refractivity contribution >= 4 is 0 Å². The van der Waals surface area contributed by atoms with Crippen molar-refractivity contribution in [1.29, 1.82) is 5.26 Å². The maximum Gasteiger partial charge on any atom is 0.160 e. The van der Waals surface area contributed by atoms with Crippen molar-refractivity contribution in [2.45, 2.75) is 20.3 Å². The molecule has 68 valence electrons. The lowest BCUT2D eigenvalue weighted by Gasteiger charge is -2.09. The molecule has 0 atom stereocenters. The lowest BCUT2D eigenvalue weighted by molar-refractivity contribution is 0.400. The van der Waals surface area contributed by atoms with Gasteiger partial charge in [-0.2, -0.15) is 5.26 Å². The van der Waals surface area contributed by atoms with Crippen LogP contribution in [0, 0.1) is 25.2 Å². The molecule has 0 spiro atoms. The first-order chi connectivity index (χ1) is 6.07. The molecule has 3 nitrogen and oxygen atoms in total. The van der Waals surface area contributed by atoms with Crippen molar-refractivity contribution in [3.05, 3.63) is 22.8 Å². The molecule has 0 bridgehead atoms. The molecule has 1 rings (SSSR count). The summed E-state index contributed by atoms with van der Waals surface area (Å²) in [5.41, 5.74) is 2.25. The van der Waals surface area contributed by atoms with E-state index in [1.165, 1.54) is 6.07 Å². The third-order valence-corrected chi connectivity index (χ3v) is 2.22. The highest BCUT2D eigenvalue weighted by Crippen LogP contribution is 2.32. The summed E-state index contributed by atoms with van der Waals surface area (Å²) in [5.74, 6) is -0.257. The average Bonchev–Trinajstić information content (AvgIpc) is 2.11. The van der Waals surface area contributed by atoms with E-state index in [1.807, 2.05) is 13.0 Å². The third-order valence-electron chi connectivity index (χ3n) is 2.22. The molecule has 2 N–H and O–H groups in total. The number of phenolic OH excluding ortho intramolecular Hbond substituents is 2. The second kappa shape index (κ2) is 3.36. The standard InChI is InChI=1S/C10H11NO2/c1-6-7(2)10(13)9(12)5-8(6)3-4-11/h5,12-13H,3H2,1-2H3. The topological polar surface area (TPSA) is 64.2 Å². The largest absolute Gasteiger partial charge is 0.504 e. The number of rotatable bonds is 1. The third kappa shape index (κ3) is 1.57. The molecule has 0 unspecified atom stereocenters. The molecule has 0 radical (unpaired) electrons. The predicted molar refractivity (Wildman–Crippen MR) is 48.6 cm³/mol. The van der Waals surface area contributed by atoms with Gasteiger partial charge in [0.25, 0.3) is 0 Å². The van der Waals surface area contributed by atoms with E-state index in [9.17, 15) is 10.2 Å². The predicted octanol–water partition coefficient (Wildman–Crippen LogP) is 1.78. The van der Waals surface area contributed by atoms with Crippen molar-refractivity contribution in [1.82, 2.24) is 0 Å². The molecule has 0 aliphatic carbocycles. The summed E-state index contributed by atoms with van der Waals surface area (Å²) in [4.78, 5) is 0. The van der Waals surface area contributed by atoms with E-state index < -0.39 is 0 Å². The Morgan fingerprint density at radius 1 is 1.31 bits per heavy atom. The molecular weight excluding hydrogens is 166 g/mol. The maximum absolute atomic E-state index is 9.35. The molecule has 0 heterocycles. The summed E-state index contributed by atoms with van der Waals surface area (Å²) >= 11 is 0. The summed E-state index contributed by atoms with van der Waals surface area (Å²) in [5, 5.41) is 27.1. The van der Waals surface area contributed by atoms with Gasteiger partial charge in [-0.1, -0.05) is 0 Å². The first kappa shape index (κ1) is 9.40. The first-order valence-electron chi connectivity index (χ1n) is 3.96. The summed E-state index contributed by atoms with van der Waals surface area (Å²) in [6, 6.07) is 3.44. The lowest BCUT2D eigenvalue weighted by Crippen LogP contribution is -1.91. The van der Waals surface area contributed by atoms with Gasteiger partial charge in [-0.05, 0) is 36.6 Å². The van der Waals surface area contributed by atoms with Crippen LogP contribution in [-0.4, -0.2) is 10.2 Å². The second-order valence-electron chi connectivity index (χ2n) is 2.99. The van der Waals surface area contributed by atoms with Gasteiger partial charge < -0.3 is 10.2 Å².